The zero-order chi connectivity index (χ0) is 14.8. The Balaban J connectivity index is 1.97. The third-order valence-corrected chi connectivity index (χ3v) is 3.38. The quantitative estimate of drug-likeness (QED) is 0.797. The number of hydrogen-bond donors (Lipinski definition) is 1. The van der Waals surface area contributed by atoms with Crippen molar-refractivity contribution in [3.63, 3.8) is 0 Å². The van der Waals surface area contributed by atoms with Crippen LogP contribution in [0.2, 0.25) is 0 Å². The fourth-order valence-electron chi connectivity index (χ4n) is 2.18. The maximum Gasteiger partial charge on any atom is 0.157 e. The van der Waals surface area contributed by atoms with E-state index in [-0.39, 0.29) is 6.04 Å². The maximum absolute atomic E-state index is 4.61. The Morgan fingerprint density at radius 1 is 1.10 bits per heavy atom. The van der Waals surface area contributed by atoms with Crippen LogP contribution in [0.25, 0.3) is 5.65 Å². The number of fused-ring (bicyclic) bond motifs is 1. The SMILES string of the molecule is CC(C)c1cc(N[C@H](C)c2ccncn2)n2nccc2n1. The molecule has 3 aromatic heterocycles. The molecule has 3 aromatic rings. The van der Waals surface area contributed by atoms with Gasteiger partial charge in [0, 0.05) is 24.0 Å². The van der Waals surface area contributed by atoms with Gasteiger partial charge in [-0.15, -0.1) is 0 Å². The molecular weight excluding hydrogens is 264 g/mol. The van der Waals surface area contributed by atoms with Crippen LogP contribution in [0.5, 0.6) is 0 Å². The number of rotatable bonds is 4. The Bertz CT molecular complexity index is 734. The van der Waals surface area contributed by atoms with E-state index in [9.17, 15) is 0 Å². The molecule has 21 heavy (non-hydrogen) atoms. The fourth-order valence-corrected chi connectivity index (χ4v) is 2.18. The van der Waals surface area contributed by atoms with Gasteiger partial charge in [-0.3, -0.25) is 0 Å². The largest absolute Gasteiger partial charge is 0.362 e. The topological polar surface area (TPSA) is 68.0 Å². The first kappa shape index (κ1) is 13.5. The van der Waals surface area contributed by atoms with E-state index >= 15 is 0 Å². The first-order valence-electron chi connectivity index (χ1n) is 7.02. The van der Waals surface area contributed by atoms with Gasteiger partial charge in [-0.05, 0) is 18.9 Å². The van der Waals surface area contributed by atoms with Crippen LogP contribution in [0.3, 0.4) is 0 Å². The molecule has 0 spiro atoms. The van der Waals surface area contributed by atoms with E-state index in [1.54, 1.807) is 18.7 Å². The monoisotopic (exact) mass is 282 g/mol. The molecule has 0 fully saturated rings. The predicted molar refractivity (Wildman–Crippen MR) is 81.1 cm³/mol. The van der Waals surface area contributed by atoms with Crippen LogP contribution in [0.4, 0.5) is 5.82 Å². The summed E-state index contributed by atoms with van der Waals surface area (Å²) in [5, 5.41) is 7.78. The van der Waals surface area contributed by atoms with Crippen LogP contribution < -0.4 is 5.32 Å². The highest BCUT2D eigenvalue weighted by Crippen LogP contribution is 2.22. The molecule has 0 aromatic carbocycles. The summed E-state index contributed by atoms with van der Waals surface area (Å²) < 4.78 is 1.81. The number of hydrogen-bond acceptors (Lipinski definition) is 5. The molecule has 0 unspecified atom stereocenters. The first-order chi connectivity index (χ1) is 10.1. The standard InChI is InChI=1S/C15H18N6/c1-10(2)13-8-15(21-14(20-13)5-7-18-21)19-11(3)12-4-6-16-9-17-12/h4-11,19H,1-3H3/t11-/m1/s1. The second-order valence-corrected chi connectivity index (χ2v) is 5.32. The number of nitrogens with one attached hydrogen (secondary N) is 1. The van der Waals surface area contributed by atoms with Crippen molar-refractivity contribution in [3.8, 4) is 0 Å². The van der Waals surface area contributed by atoms with Gasteiger partial charge in [0.25, 0.3) is 0 Å². The lowest BCUT2D eigenvalue weighted by molar-refractivity contribution is 0.782. The van der Waals surface area contributed by atoms with Gasteiger partial charge in [0.05, 0.1) is 17.9 Å². The summed E-state index contributed by atoms with van der Waals surface area (Å²) in [7, 11) is 0. The van der Waals surface area contributed by atoms with Gasteiger partial charge in [0.1, 0.15) is 12.1 Å². The lowest BCUT2D eigenvalue weighted by atomic mass is 10.1. The van der Waals surface area contributed by atoms with Gasteiger partial charge >= 0.3 is 0 Å². The first-order valence-corrected chi connectivity index (χ1v) is 7.02. The van der Waals surface area contributed by atoms with Crippen LogP contribution in [-0.4, -0.2) is 24.6 Å². The molecule has 1 N–H and O–H groups in total. The van der Waals surface area contributed by atoms with Crippen LogP contribution in [0.1, 0.15) is 44.1 Å². The zero-order valence-electron chi connectivity index (χ0n) is 12.4. The molecule has 6 heteroatoms. The van der Waals surface area contributed by atoms with Crippen molar-refractivity contribution in [1.29, 1.82) is 0 Å². The van der Waals surface area contributed by atoms with Gasteiger partial charge in [0.15, 0.2) is 5.65 Å². The summed E-state index contributed by atoms with van der Waals surface area (Å²) in [5.41, 5.74) is 2.83. The summed E-state index contributed by atoms with van der Waals surface area (Å²) in [6.45, 7) is 6.33. The molecule has 1 atom stereocenters. The van der Waals surface area contributed by atoms with E-state index in [1.165, 1.54) is 0 Å². The molecule has 3 heterocycles. The van der Waals surface area contributed by atoms with E-state index in [4.69, 9.17) is 0 Å². The van der Waals surface area contributed by atoms with E-state index in [0.717, 1.165) is 22.9 Å². The molecule has 0 aliphatic carbocycles. The molecule has 0 aliphatic heterocycles. The normalized spacial score (nSPS) is 12.8. The Kier molecular flexibility index (Phi) is 3.51. The van der Waals surface area contributed by atoms with Crippen molar-refractivity contribution in [3.05, 3.63) is 48.3 Å². The van der Waals surface area contributed by atoms with Gasteiger partial charge in [-0.2, -0.15) is 9.61 Å². The van der Waals surface area contributed by atoms with Gasteiger partial charge in [-0.1, -0.05) is 13.8 Å². The molecule has 6 nitrogen and oxygen atoms in total. The van der Waals surface area contributed by atoms with E-state index in [2.05, 4.69) is 46.1 Å². The highest BCUT2D eigenvalue weighted by Gasteiger charge is 2.12. The minimum Gasteiger partial charge on any atom is -0.362 e. The average Bonchev–Trinajstić information content (AvgIpc) is 2.96. The zero-order valence-corrected chi connectivity index (χ0v) is 12.4. The Morgan fingerprint density at radius 2 is 1.95 bits per heavy atom. The predicted octanol–water partition coefficient (Wildman–Crippen LogP) is 2.82. The van der Waals surface area contributed by atoms with Crippen molar-refractivity contribution in [1.82, 2.24) is 24.6 Å². The summed E-state index contributed by atoms with van der Waals surface area (Å²) in [4.78, 5) is 12.8. The number of nitrogens with zero attached hydrogens (tertiary/aromatic N) is 5. The molecule has 0 radical (unpaired) electrons. The number of aromatic nitrogens is 5. The Labute approximate surface area is 123 Å². The minimum atomic E-state index is 0.0582. The fraction of sp³-hybridized carbons (Fsp3) is 0.333. The van der Waals surface area contributed by atoms with Crippen molar-refractivity contribution in [2.75, 3.05) is 5.32 Å². The number of anilines is 1. The highest BCUT2D eigenvalue weighted by atomic mass is 15.3. The summed E-state index contributed by atoms with van der Waals surface area (Å²) in [6, 6.07) is 5.92. The van der Waals surface area contributed by atoms with Gasteiger partial charge < -0.3 is 5.32 Å². The summed E-state index contributed by atoms with van der Waals surface area (Å²) in [5.74, 6) is 1.28. The van der Waals surface area contributed by atoms with Gasteiger partial charge in [-0.25, -0.2) is 15.0 Å². The maximum atomic E-state index is 4.61. The van der Waals surface area contributed by atoms with Crippen molar-refractivity contribution < 1.29 is 0 Å². The van der Waals surface area contributed by atoms with Crippen molar-refractivity contribution >= 4 is 11.5 Å². The third-order valence-electron chi connectivity index (χ3n) is 3.38. The Morgan fingerprint density at radius 3 is 2.67 bits per heavy atom. The highest BCUT2D eigenvalue weighted by molar-refractivity contribution is 5.50. The van der Waals surface area contributed by atoms with E-state index in [1.807, 2.05) is 22.7 Å². The second-order valence-electron chi connectivity index (χ2n) is 5.32. The molecule has 3 rings (SSSR count). The lowest BCUT2D eigenvalue weighted by Gasteiger charge is -2.17. The van der Waals surface area contributed by atoms with Crippen molar-refractivity contribution in [2.45, 2.75) is 32.7 Å². The summed E-state index contributed by atoms with van der Waals surface area (Å²) in [6.07, 6.45) is 5.06. The van der Waals surface area contributed by atoms with Crippen molar-refractivity contribution in [2.24, 2.45) is 0 Å². The van der Waals surface area contributed by atoms with Crippen LogP contribution in [0, 0.1) is 0 Å². The van der Waals surface area contributed by atoms with E-state index in [0.29, 0.717) is 5.92 Å². The van der Waals surface area contributed by atoms with Crippen LogP contribution in [-0.2, 0) is 0 Å². The second kappa shape index (κ2) is 5.47. The van der Waals surface area contributed by atoms with Crippen LogP contribution >= 0.6 is 0 Å². The molecule has 0 saturated heterocycles. The smallest absolute Gasteiger partial charge is 0.157 e. The third kappa shape index (κ3) is 2.69. The van der Waals surface area contributed by atoms with Crippen LogP contribution in [0.15, 0.2) is 36.9 Å². The molecule has 0 saturated carbocycles. The molecule has 0 aliphatic rings. The summed E-state index contributed by atoms with van der Waals surface area (Å²) >= 11 is 0. The molecule has 0 amide bonds. The Hall–Kier alpha value is -2.50. The average molecular weight is 282 g/mol. The molecule has 0 bridgehead atoms. The molecule has 108 valence electrons. The van der Waals surface area contributed by atoms with Gasteiger partial charge in [0.2, 0.25) is 0 Å². The minimum absolute atomic E-state index is 0.0582. The molecular formula is C15H18N6. The van der Waals surface area contributed by atoms with E-state index < -0.39 is 0 Å². The lowest BCUT2D eigenvalue weighted by Crippen LogP contribution is -2.13.